The Balaban J connectivity index is 1.49. The van der Waals surface area contributed by atoms with Gasteiger partial charge in [-0.15, -0.1) is 11.3 Å². The second-order valence-electron chi connectivity index (χ2n) is 6.39. The van der Waals surface area contributed by atoms with Gasteiger partial charge in [0.25, 0.3) is 5.56 Å². The topological polar surface area (TPSA) is 81.0 Å². The molecule has 0 bridgehead atoms. The van der Waals surface area contributed by atoms with Crippen LogP contribution in [0.25, 0.3) is 11.0 Å². The molecule has 0 saturated heterocycles. The minimum Gasteiger partial charge on any atom is -0.459 e. The third kappa shape index (κ3) is 3.46. The van der Waals surface area contributed by atoms with Crippen LogP contribution in [0, 0.1) is 0 Å². The summed E-state index contributed by atoms with van der Waals surface area (Å²) < 4.78 is 6.78. The van der Waals surface area contributed by atoms with Gasteiger partial charge < -0.3 is 9.64 Å². The molecule has 1 atom stereocenters. The summed E-state index contributed by atoms with van der Waals surface area (Å²) in [6.45, 7) is 1.37. The van der Waals surface area contributed by atoms with Crippen LogP contribution >= 0.6 is 11.3 Å². The Morgan fingerprint density at radius 1 is 1.29 bits per heavy atom. The Morgan fingerprint density at radius 3 is 2.93 bits per heavy atom. The molecule has 3 aromatic rings. The lowest BCUT2D eigenvalue weighted by atomic mass is 9.94. The maximum atomic E-state index is 12.5. The molecule has 28 heavy (non-hydrogen) atoms. The molecule has 1 amide bonds. The highest BCUT2D eigenvalue weighted by atomic mass is 32.1. The van der Waals surface area contributed by atoms with Gasteiger partial charge in [0.1, 0.15) is 6.61 Å². The molecule has 2 aromatic heterocycles. The van der Waals surface area contributed by atoms with Gasteiger partial charge in [-0.25, -0.2) is 4.98 Å². The first kappa shape index (κ1) is 18.1. The number of ether oxygens (including phenoxy) is 1. The summed E-state index contributed by atoms with van der Waals surface area (Å²) >= 11 is 1.33. The Morgan fingerprint density at radius 2 is 2.11 bits per heavy atom. The first-order valence-electron chi connectivity index (χ1n) is 8.70. The highest BCUT2D eigenvalue weighted by molar-refractivity contribution is 7.15. The fraction of sp³-hybridized carbons (Fsp3) is 0.200. The van der Waals surface area contributed by atoms with E-state index in [2.05, 4.69) is 4.98 Å². The highest BCUT2D eigenvalue weighted by Gasteiger charge is 2.28. The van der Waals surface area contributed by atoms with Crippen molar-refractivity contribution < 1.29 is 14.3 Å². The van der Waals surface area contributed by atoms with Gasteiger partial charge in [0.05, 0.1) is 18.2 Å². The van der Waals surface area contributed by atoms with E-state index in [0.29, 0.717) is 10.7 Å². The van der Waals surface area contributed by atoms with Crippen LogP contribution in [0.5, 0.6) is 0 Å². The fourth-order valence-corrected chi connectivity index (χ4v) is 3.98. The smallest absolute Gasteiger partial charge is 0.308 e. The van der Waals surface area contributed by atoms with E-state index in [9.17, 15) is 14.4 Å². The summed E-state index contributed by atoms with van der Waals surface area (Å²) in [5.74, 6) is -0.615. The summed E-state index contributed by atoms with van der Waals surface area (Å²) in [7, 11) is 0. The molecule has 1 aliphatic rings. The van der Waals surface area contributed by atoms with Gasteiger partial charge >= 0.3 is 5.97 Å². The zero-order chi connectivity index (χ0) is 19.7. The summed E-state index contributed by atoms with van der Waals surface area (Å²) in [5, 5.41) is 1.77. The number of rotatable bonds is 4. The number of aromatic nitrogens is 2. The molecule has 0 saturated carbocycles. The van der Waals surface area contributed by atoms with E-state index in [1.54, 1.807) is 17.8 Å². The van der Waals surface area contributed by atoms with Gasteiger partial charge in [-0.2, -0.15) is 0 Å². The van der Waals surface area contributed by atoms with E-state index < -0.39 is 12.0 Å². The summed E-state index contributed by atoms with van der Waals surface area (Å²) in [6.07, 6.45) is 5.21. The largest absolute Gasteiger partial charge is 0.459 e. The zero-order valence-electron chi connectivity index (χ0n) is 15.1. The summed E-state index contributed by atoms with van der Waals surface area (Å²) in [4.78, 5) is 42.9. The Kier molecular flexibility index (Phi) is 4.79. The number of carbonyl (C=O) groups is 2. The fourth-order valence-electron chi connectivity index (χ4n) is 3.25. The molecular weight excluding hydrogens is 378 g/mol. The van der Waals surface area contributed by atoms with E-state index in [-0.39, 0.29) is 24.5 Å². The van der Waals surface area contributed by atoms with Crippen LogP contribution in [0.2, 0.25) is 0 Å². The third-order valence-corrected chi connectivity index (χ3v) is 5.32. The van der Waals surface area contributed by atoms with Crippen molar-refractivity contribution in [2.75, 3.05) is 0 Å². The standard InChI is InChI=1S/C20H17N3O4S/c1-13(24)22-7-6-14-4-2-3-5-16(14)17(22)11-19(26)27-12-15-10-18(25)23-8-9-28-20(23)21-15/h2-10,17H,11-12H2,1H3. The lowest BCUT2D eigenvalue weighted by molar-refractivity contribution is -0.147. The number of thiazole rings is 1. The average Bonchev–Trinajstić information content (AvgIpc) is 3.15. The van der Waals surface area contributed by atoms with Crippen molar-refractivity contribution in [1.82, 2.24) is 14.3 Å². The van der Waals surface area contributed by atoms with E-state index in [4.69, 9.17) is 4.74 Å². The minimum atomic E-state index is -0.463. The van der Waals surface area contributed by atoms with Gasteiger partial charge in [-0.1, -0.05) is 24.3 Å². The van der Waals surface area contributed by atoms with Gasteiger partial charge in [0.15, 0.2) is 4.96 Å². The average molecular weight is 395 g/mol. The number of esters is 1. The minimum absolute atomic E-state index is 0.0150. The maximum absolute atomic E-state index is 12.5. The number of nitrogens with zero attached hydrogens (tertiary/aromatic N) is 3. The zero-order valence-corrected chi connectivity index (χ0v) is 15.9. The number of fused-ring (bicyclic) bond motifs is 2. The van der Waals surface area contributed by atoms with Crippen molar-refractivity contribution in [2.45, 2.75) is 26.0 Å². The van der Waals surface area contributed by atoms with Crippen molar-refractivity contribution in [3.63, 3.8) is 0 Å². The van der Waals surface area contributed by atoms with Crippen molar-refractivity contribution >= 4 is 34.3 Å². The van der Waals surface area contributed by atoms with Crippen molar-refractivity contribution in [3.05, 3.63) is 75.3 Å². The predicted octanol–water partition coefficient (Wildman–Crippen LogP) is 2.76. The van der Waals surface area contributed by atoms with Crippen LogP contribution in [-0.2, 0) is 20.9 Å². The van der Waals surface area contributed by atoms with Crippen molar-refractivity contribution in [2.24, 2.45) is 0 Å². The maximum Gasteiger partial charge on any atom is 0.308 e. The van der Waals surface area contributed by atoms with Crippen molar-refractivity contribution in [3.8, 4) is 0 Å². The van der Waals surface area contributed by atoms with Gasteiger partial charge in [-0.05, 0) is 17.2 Å². The molecule has 4 rings (SSSR count). The van der Waals surface area contributed by atoms with E-state index in [0.717, 1.165) is 11.1 Å². The molecule has 1 aliphatic heterocycles. The SMILES string of the molecule is CC(=O)N1C=Cc2ccccc2C1CC(=O)OCc1cc(=O)n2ccsc2n1. The molecule has 0 N–H and O–H groups in total. The normalized spacial score (nSPS) is 15.5. The second-order valence-corrected chi connectivity index (χ2v) is 7.27. The van der Waals surface area contributed by atoms with E-state index in [1.807, 2.05) is 30.3 Å². The summed E-state index contributed by atoms with van der Waals surface area (Å²) in [5.41, 5.74) is 2.05. The molecule has 7 nitrogen and oxygen atoms in total. The highest BCUT2D eigenvalue weighted by Crippen LogP contribution is 2.33. The van der Waals surface area contributed by atoms with Gasteiger partial charge in [0, 0.05) is 30.8 Å². The molecule has 0 fully saturated rings. The lowest BCUT2D eigenvalue weighted by Crippen LogP contribution is -2.32. The Labute approximate surface area is 164 Å². The molecule has 0 spiro atoms. The predicted molar refractivity (Wildman–Crippen MR) is 104 cm³/mol. The molecule has 1 unspecified atom stereocenters. The van der Waals surface area contributed by atoms with E-state index in [1.165, 1.54) is 33.6 Å². The van der Waals surface area contributed by atoms with E-state index >= 15 is 0 Å². The molecule has 3 heterocycles. The van der Waals surface area contributed by atoms with Gasteiger partial charge in [0.2, 0.25) is 5.91 Å². The first-order valence-corrected chi connectivity index (χ1v) is 9.58. The molecule has 0 aliphatic carbocycles. The number of amides is 1. The van der Waals surface area contributed by atoms with Crippen LogP contribution in [0.1, 0.15) is 36.2 Å². The second kappa shape index (κ2) is 7.40. The Bertz CT molecular complexity index is 1150. The molecular formula is C20H17N3O4S. The van der Waals surface area contributed by atoms with Crippen LogP contribution in [0.15, 0.2) is 52.9 Å². The number of carbonyl (C=O) groups excluding carboxylic acids is 2. The number of hydrogen-bond donors (Lipinski definition) is 0. The van der Waals surface area contributed by atoms with Crippen LogP contribution in [0.4, 0.5) is 0 Å². The summed E-state index contributed by atoms with van der Waals surface area (Å²) in [6, 6.07) is 8.56. The molecule has 8 heteroatoms. The molecule has 1 aromatic carbocycles. The third-order valence-electron chi connectivity index (χ3n) is 4.57. The Hall–Kier alpha value is -3.26. The number of benzene rings is 1. The van der Waals surface area contributed by atoms with Crippen LogP contribution in [0.3, 0.4) is 0 Å². The molecule has 142 valence electrons. The van der Waals surface area contributed by atoms with Gasteiger partial charge in [-0.3, -0.25) is 18.8 Å². The van der Waals surface area contributed by atoms with Crippen LogP contribution < -0.4 is 5.56 Å². The van der Waals surface area contributed by atoms with Crippen molar-refractivity contribution in [1.29, 1.82) is 0 Å². The first-order chi connectivity index (χ1) is 13.5. The monoisotopic (exact) mass is 395 g/mol. The quantitative estimate of drug-likeness (QED) is 0.635. The molecule has 0 radical (unpaired) electrons. The number of hydrogen-bond acceptors (Lipinski definition) is 6. The van der Waals surface area contributed by atoms with Crippen LogP contribution in [-0.4, -0.2) is 26.2 Å². The lowest BCUT2D eigenvalue weighted by Gasteiger charge is -2.32.